The Kier molecular flexibility index (Phi) is 5.88. The van der Waals surface area contributed by atoms with Crippen LogP contribution in [0.1, 0.15) is 65.2 Å². The summed E-state index contributed by atoms with van der Waals surface area (Å²) < 4.78 is 0. The van der Waals surface area contributed by atoms with Crippen molar-refractivity contribution in [2.45, 2.75) is 71.3 Å². The molecule has 5 N–H and O–H groups in total. The fourth-order valence-corrected chi connectivity index (χ4v) is 4.65. The Bertz CT molecular complexity index is 492. The first-order valence-electron chi connectivity index (χ1n) is 9.22. The smallest absolute Gasteiger partial charge is 0.245 e. The Balaban J connectivity index is 2.32. The Hall–Kier alpha value is -1.59. The summed E-state index contributed by atoms with van der Waals surface area (Å²) in [4.78, 5) is 37.8. The van der Waals surface area contributed by atoms with Gasteiger partial charge in [-0.3, -0.25) is 14.4 Å². The van der Waals surface area contributed by atoms with Crippen molar-refractivity contribution < 1.29 is 14.4 Å². The minimum atomic E-state index is -1.93. The molecule has 24 heavy (non-hydrogen) atoms. The van der Waals surface area contributed by atoms with Crippen LogP contribution in [0, 0.1) is 23.2 Å². The maximum Gasteiger partial charge on any atom is 0.245 e. The molecule has 0 bridgehead atoms. The van der Waals surface area contributed by atoms with Crippen molar-refractivity contribution >= 4 is 17.7 Å². The van der Waals surface area contributed by atoms with E-state index in [1.165, 1.54) is 0 Å². The molecule has 136 valence electrons. The number of nitrogens with two attached hydrogens (primary N) is 2. The van der Waals surface area contributed by atoms with Crippen molar-refractivity contribution in [3.8, 4) is 0 Å². The van der Waals surface area contributed by atoms with E-state index in [4.69, 9.17) is 11.5 Å². The van der Waals surface area contributed by atoms with E-state index in [1.807, 2.05) is 6.92 Å². The topological polar surface area (TPSA) is 115 Å². The second-order valence-corrected chi connectivity index (χ2v) is 7.75. The van der Waals surface area contributed by atoms with E-state index in [1.54, 1.807) is 0 Å². The van der Waals surface area contributed by atoms with Gasteiger partial charge >= 0.3 is 0 Å². The lowest BCUT2D eigenvalue weighted by Gasteiger charge is -2.41. The second-order valence-electron chi connectivity index (χ2n) is 7.75. The van der Waals surface area contributed by atoms with Crippen LogP contribution < -0.4 is 16.8 Å². The van der Waals surface area contributed by atoms with Gasteiger partial charge in [-0.25, -0.2) is 0 Å². The fraction of sp³-hybridized carbons (Fsp3) is 0.833. The van der Waals surface area contributed by atoms with Gasteiger partial charge in [-0.15, -0.1) is 0 Å². The molecule has 0 heterocycles. The maximum atomic E-state index is 13.1. The summed E-state index contributed by atoms with van der Waals surface area (Å²) in [6, 6.07) is -0.0248. The van der Waals surface area contributed by atoms with Gasteiger partial charge in [-0.1, -0.05) is 46.0 Å². The van der Waals surface area contributed by atoms with E-state index in [-0.39, 0.29) is 12.0 Å². The molecule has 2 fully saturated rings. The van der Waals surface area contributed by atoms with Crippen LogP contribution in [0.4, 0.5) is 0 Å². The third kappa shape index (κ3) is 3.28. The third-order valence-electron chi connectivity index (χ3n) is 6.23. The third-order valence-corrected chi connectivity index (χ3v) is 6.23. The number of hydrogen-bond donors (Lipinski definition) is 3. The highest BCUT2D eigenvalue weighted by Crippen LogP contribution is 2.43. The molecule has 4 atom stereocenters. The zero-order valence-corrected chi connectivity index (χ0v) is 14.8. The monoisotopic (exact) mass is 337 g/mol. The van der Waals surface area contributed by atoms with Gasteiger partial charge < -0.3 is 16.8 Å². The summed E-state index contributed by atoms with van der Waals surface area (Å²) >= 11 is 0. The standard InChI is InChI=1S/C18H31N3O3/c1-11-7-3-5-9-13(11)18(15(19)22,16(20)23)17(24)21-14-10-6-4-8-12(14)2/h11-14H,3-10H2,1-2H3,(H2,19,22)(H2,20,23)(H,21,24). The van der Waals surface area contributed by atoms with E-state index < -0.39 is 29.1 Å². The van der Waals surface area contributed by atoms with E-state index >= 15 is 0 Å². The van der Waals surface area contributed by atoms with Crippen LogP contribution >= 0.6 is 0 Å². The maximum absolute atomic E-state index is 13.1. The van der Waals surface area contributed by atoms with Crippen molar-refractivity contribution in [3.63, 3.8) is 0 Å². The fourth-order valence-electron chi connectivity index (χ4n) is 4.65. The summed E-state index contributed by atoms with van der Waals surface area (Å²) in [5, 5.41) is 2.95. The average Bonchev–Trinajstić information content (AvgIpc) is 2.51. The number of primary amides is 2. The molecule has 0 saturated heterocycles. The van der Waals surface area contributed by atoms with Gasteiger partial charge in [0.2, 0.25) is 23.1 Å². The van der Waals surface area contributed by atoms with Crippen molar-refractivity contribution in [2.24, 2.45) is 34.6 Å². The van der Waals surface area contributed by atoms with Gasteiger partial charge in [0.05, 0.1) is 0 Å². The quantitative estimate of drug-likeness (QED) is 0.660. The van der Waals surface area contributed by atoms with Gasteiger partial charge in [-0.2, -0.15) is 0 Å². The average molecular weight is 337 g/mol. The van der Waals surface area contributed by atoms with E-state index in [2.05, 4.69) is 12.2 Å². The van der Waals surface area contributed by atoms with Crippen molar-refractivity contribution in [1.82, 2.24) is 5.32 Å². The van der Waals surface area contributed by atoms with Crippen LogP contribution in [0.5, 0.6) is 0 Å². The summed E-state index contributed by atoms with van der Waals surface area (Å²) in [7, 11) is 0. The molecule has 2 rings (SSSR count). The Morgan fingerprint density at radius 2 is 1.33 bits per heavy atom. The summed E-state index contributed by atoms with van der Waals surface area (Å²) in [6.07, 6.45) is 7.49. The Labute approximate surface area is 144 Å². The van der Waals surface area contributed by atoms with Crippen LogP contribution in [-0.4, -0.2) is 23.8 Å². The lowest BCUT2D eigenvalue weighted by Crippen LogP contribution is -2.64. The van der Waals surface area contributed by atoms with E-state index in [0.717, 1.165) is 44.9 Å². The zero-order chi connectivity index (χ0) is 17.9. The molecule has 2 saturated carbocycles. The molecule has 6 nitrogen and oxygen atoms in total. The highest BCUT2D eigenvalue weighted by molar-refractivity contribution is 6.22. The molecule has 0 aromatic heterocycles. The Morgan fingerprint density at radius 1 is 0.833 bits per heavy atom. The van der Waals surface area contributed by atoms with Crippen LogP contribution in [0.15, 0.2) is 0 Å². The second kappa shape index (κ2) is 7.53. The minimum Gasteiger partial charge on any atom is -0.368 e. The summed E-state index contributed by atoms with van der Waals surface area (Å²) in [5.41, 5.74) is 9.28. The van der Waals surface area contributed by atoms with Crippen molar-refractivity contribution in [2.75, 3.05) is 0 Å². The molecular formula is C18H31N3O3. The number of amides is 3. The SMILES string of the molecule is CC1CCCCC1NC(=O)C(C(N)=O)(C(N)=O)C1CCCCC1C. The zero-order valence-electron chi connectivity index (χ0n) is 14.8. The molecule has 0 aromatic carbocycles. The first-order chi connectivity index (χ1) is 11.3. The summed E-state index contributed by atoms with van der Waals surface area (Å²) in [6.45, 7) is 4.06. The molecule has 6 heteroatoms. The first-order valence-corrected chi connectivity index (χ1v) is 9.22. The number of hydrogen-bond acceptors (Lipinski definition) is 3. The molecule has 2 aliphatic rings. The van der Waals surface area contributed by atoms with Gasteiger partial charge in [-0.05, 0) is 37.0 Å². The highest BCUT2D eigenvalue weighted by atomic mass is 16.2. The molecule has 0 radical (unpaired) electrons. The largest absolute Gasteiger partial charge is 0.368 e. The lowest BCUT2D eigenvalue weighted by atomic mass is 9.62. The molecule has 4 unspecified atom stereocenters. The molecule has 3 amide bonds. The van der Waals surface area contributed by atoms with Crippen LogP contribution in [0.3, 0.4) is 0 Å². The number of carbonyl (C=O) groups is 3. The van der Waals surface area contributed by atoms with Crippen molar-refractivity contribution in [3.05, 3.63) is 0 Å². The van der Waals surface area contributed by atoms with Crippen molar-refractivity contribution in [1.29, 1.82) is 0 Å². The molecular weight excluding hydrogens is 306 g/mol. The predicted molar refractivity (Wildman–Crippen MR) is 91.5 cm³/mol. The number of rotatable bonds is 5. The van der Waals surface area contributed by atoms with E-state index in [0.29, 0.717) is 12.3 Å². The van der Waals surface area contributed by atoms with Gasteiger partial charge in [0.1, 0.15) is 0 Å². The normalized spacial score (nSPS) is 31.2. The minimum absolute atomic E-state index is 0.0248. The van der Waals surface area contributed by atoms with Gasteiger partial charge in [0.25, 0.3) is 0 Å². The van der Waals surface area contributed by atoms with E-state index in [9.17, 15) is 14.4 Å². The van der Waals surface area contributed by atoms with Crippen LogP contribution in [-0.2, 0) is 14.4 Å². The Morgan fingerprint density at radius 3 is 1.83 bits per heavy atom. The highest BCUT2D eigenvalue weighted by Gasteiger charge is 2.58. The van der Waals surface area contributed by atoms with Gasteiger partial charge in [0, 0.05) is 6.04 Å². The molecule has 2 aliphatic carbocycles. The molecule has 0 spiro atoms. The number of carbonyl (C=O) groups excluding carboxylic acids is 3. The van der Waals surface area contributed by atoms with Crippen LogP contribution in [0.2, 0.25) is 0 Å². The molecule has 0 aliphatic heterocycles. The molecule has 0 aromatic rings. The van der Waals surface area contributed by atoms with Gasteiger partial charge in [0.15, 0.2) is 0 Å². The predicted octanol–water partition coefficient (Wildman–Crippen LogP) is 1.46. The van der Waals surface area contributed by atoms with Crippen LogP contribution in [0.25, 0.3) is 0 Å². The lowest BCUT2D eigenvalue weighted by molar-refractivity contribution is -0.157. The summed E-state index contributed by atoms with van der Waals surface area (Å²) in [5.74, 6) is -2.43. The number of nitrogens with one attached hydrogen (secondary N) is 1. The first kappa shape index (κ1) is 18.7.